The number of hydrogen-bond acceptors (Lipinski definition) is 11. The van der Waals surface area contributed by atoms with Gasteiger partial charge in [0.15, 0.2) is 11.0 Å². The maximum Gasteiger partial charge on any atom is 0.420 e. The highest BCUT2D eigenvalue weighted by molar-refractivity contribution is 9.10. The fourth-order valence-electron chi connectivity index (χ4n) is 5.32. The lowest BCUT2D eigenvalue weighted by Gasteiger charge is -2.32. The first-order chi connectivity index (χ1) is 22.9. The highest BCUT2D eigenvalue weighted by atomic mass is 79.9. The number of ether oxygens (including phenoxy) is 2. The van der Waals surface area contributed by atoms with Gasteiger partial charge in [0.05, 0.1) is 29.8 Å². The first-order valence-electron chi connectivity index (χ1n) is 15.8. The van der Waals surface area contributed by atoms with Crippen LogP contribution < -0.4 is 10.2 Å². The Morgan fingerprint density at radius 1 is 1.09 bits per heavy atom. The minimum atomic E-state index is -0.575. The molecule has 3 aromatic rings. The zero-order valence-electron chi connectivity index (χ0n) is 26.6. The van der Waals surface area contributed by atoms with E-state index >= 15 is 0 Å². The monoisotopic (exact) mass is 744 g/mol. The van der Waals surface area contributed by atoms with Crippen molar-refractivity contribution < 1.29 is 14.3 Å². The summed E-state index contributed by atoms with van der Waals surface area (Å²) >= 11 is 11.8. The Morgan fingerprint density at radius 3 is 2.55 bits per heavy atom. The number of hydrogen-bond donors (Lipinski definition) is 2. The van der Waals surface area contributed by atoms with Crippen LogP contribution in [0.1, 0.15) is 16.5 Å². The average molecular weight is 746 g/mol. The van der Waals surface area contributed by atoms with Crippen LogP contribution in [-0.4, -0.2) is 128 Å². The number of benzene rings is 2. The predicted molar refractivity (Wildman–Crippen MR) is 193 cm³/mol. The van der Waals surface area contributed by atoms with Gasteiger partial charge in [-0.05, 0) is 30.8 Å². The number of carbonyl (C=O) groups is 1. The molecule has 2 aliphatic heterocycles. The highest BCUT2D eigenvalue weighted by Gasteiger charge is 2.28. The number of rotatable bonds is 14. The van der Waals surface area contributed by atoms with Gasteiger partial charge < -0.3 is 25.1 Å². The summed E-state index contributed by atoms with van der Waals surface area (Å²) in [6.45, 7) is 9.13. The van der Waals surface area contributed by atoms with Gasteiger partial charge >= 0.3 is 6.09 Å². The lowest BCUT2D eigenvalue weighted by Crippen LogP contribution is -2.45. The number of nitrogens with zero attached hydrogens (tertiary/aromatic N) is 6. The minimum Gasteiger partial charge on any atom is -0.448 e. The molecule has 47 heavy (non-hydrogen) atoms. The molecule has 2 N–H and O–H groups in total. The maximum absolute atomic E-state index is 14.0. The van der Waals surface area contributed by atoms with E-state index in [1.54, 1.807) is 0 Å². The molecule has 11 nitrogen and oxygen atoms in total. The van der Waals surface area contributed by atoms with Crippen LogP contribution in [0.2, 0.25) is 0 Å². The van der Waals surface area contributed by atoms with Crippen LogP contribution in [0.15, 0.2) is 64.2 Å². The molecule has 2 fully saturated rings. The molecular formula is C33H42BrClN8O3S. The van der Waals surface area contributed by atoms with Crippen molar-refractivity contribution in [1.82, 2.24) is 24.7 Å². The van der Waals surface area contributed by atoms with Crippen LogP contribution >= 0.6 is 39.3 Å². The van der Waals surface area contributed by atoms with E-state index in [-0.39, 0.29) is 17.8 Å². The molecule has 252 valence electrons. The van der Waals surface area contributed by atoms with Crippen molar-refractivity contribution in [2.45, 2.75) is 10.5 Å². The zero-order chi connectivity index (χ0) is 33.0. The predicted octanol–water partition coefficient (Wildman–Crippen LogP) is 5.58. The van der Waals surface area contributed by atoms with Gasteiger partial charge in [-0.1, -0.05) is 64.1 Å². The Balaban J connectivity index is 1.43. The van der Waals surface area contributed by atoms with E-state index in [1.165, 1.54) is 22.9 Å². The average Bonchev–Trinajstić information content (AvgIpc) is 3.09. The van der Waals surface area contributed by atoms with Crippen LogP contribution in [-0.2, 0) is 9.47 Å². The first kappa shape index (κ1) is 35.5. The molecule has 2 saturated heterocycles. The van der Waals surface area contributed by atoms with E-state index < -0.39 is 6.09 Å². The van der Waals surface area contributed by atoms with E-state index in [0.717, 1.165) is 74.8 Å². The molecule has 3 heterocycles. The Kier molecular flexibility index (Phi) is 13.7. The second-order valence-electron chi connectivity index (χ2n) is 11.4. The SMILES string of the molecule is CN1CCN(CCOC(=O)N(c2cccc(Br)c2)c2nc(SCCN3CCOCC3)nc(NCC(Cl)c3ccccc3)c2C=N)CC1. The molecule has 1 unspecified atom stereocenters. The number of aromatic nitrogens is 2. The summed E-state index contributed by atoms with van der Waals surface area (Å²) in [5.74, 6) is 1.43. The third-order valence-corrected chi connectivity index (χ3v) is 9.82. The third-order valence-electron chi connectivity index (χ3n) is 8.09. The quantitative estimate of drug-likeness (QED) is 0.0941. The maximum atomic E-state index is 14.0. The molecular weight excluding hydrogens is 704 g/mol. The van der Waals surface area contributed by atoms with E-state index in [4.69, 9.17) is 36.5 Å². The summed E-state index contributed by atoms with van der Waals surface area (Å²) < 4.78 is 12.2. The van der Waals surface area contributed by atoms with Gasteiger partial charge in [0, 0.05) is 75.3 Å². The molecule has 1 aromatic heterocycles. The fourth-order valence-corrected chi connectivity index (χ4v) is 6.77. The first-order valence-corrected chi connectivity index (χ1v) is 18.0. The summed E-state index contributed by atoms with van der Waals surface area (Å²) in [5.41, 5.74) is 1.88. The number of thioether (sulfide) groups is 1. The Bertz CT molecular complexity index is 1460. The lowest BCUT2D eigenvalue weighted by molar-refractivity contribution is 0.0410. The molecule has 0 bridgehead atoms. The van der Waals surface area contributed by atoms with Gasteiger partial charge in [-0.15, -0.1) is 11.6 Å². The Labute approximate surface area is 294 Å². The molecule has 1 atom stereocenters. The number of likely N-dealkylation sites (N-methyl/N-ethyl adjacent to an activating group) is 1. The van der Waals surface area contributed by atoms with Crippen molar-refractivity contribution in [3.05, 3.63) is 70.2 Å². The standard InChI is InChI=1S/C33H42BrClN8O3S/c1-40-10-12-41(13-11-40)16-20-46-33(44)43(27-9-5-8-26(34)22-27)31-28(23-36)30(37-24-29(35)25-6-3-2-4-7-25)38-32(39-31)47-21-17-42-14-18-45-19-15-42/h2-9,22-23,29,36H,10-21,24H2,1H3,(H,37,38,39). The van der Waals surface area contributed by atoms with Gasteiger partial charge in [0.2, 0.25) is 0 Å². The van der Waals surface area contributed by atoms with E-state index in [2.05, 4.69) is 43.0 Å². The van der Waals surface area contributed by atoms with Crippen molar-refractivity contribution in [1.29, 1.82) is 5.41 Å². The number of amides is 1. The zero-order valence-corrected chi connectivity index (χ0v) is 29.8. The number of halogens is 2. The molecule has 0 spiro atoms. The summed E-state index contributed by atoms with van der Waals surface area (Å²) in [6, 6.07) is 17.2. The van der Waals surface area contributed by atoms with Crippen LogP contribution in [0, 0.1) is 5.41 Å². The molecule has 5 rings (SSSR count). The van der Waals surface area contributed by atoms with E-state index in [9.17, 15) is 4.79 Å². The van der Waals surface area contributed by atoms with Gasteiger partial charge in [-0.25, -0.2) is 19.7 Å². The molecule has 1 amide bonds. The summed E-state index contributed by atoms with van der Waals surface area (Å²) in [4.78, 5) is 32.1. The van der Waals surface area contributed by atoms with Gasteiger partial charge in [-0.3, -0.25) is 9.80 Å². The molecule has 2 aromatic carbocycles. The third kappa shape index (κ3) is 10.4. The molecule has 0 saturated carbocycles. The minimum absolute atomic E-state index is 0.231. The normalized spacial score (nSPS) is 16.8. The number of carbonyl (C=O) groups excluding carboxylic acids is 1. The van der Waals surface area contributed by atoms with Crippen molar-refractivity contribution in [3.63, 3.8) is 0 Å². The second kappa shape index (κ2) is 18.1. The number of anilines is 3. The smallest absolute Gasteiger partial charge is 0.420 e. The largest absolute Gasteiger partial charge is 0.448 e. The van der Waals surface area contributed by atoms with Gasteiger partial charge in [0.1, 0.15) is 12.4 Å². The Morgan fingerprint density at radius 2 is 1.83 bits per heavy atom. The molecule has 14 heteroatoms. The number of alkyl halides is 1. The molecule has 2 aliphatic rings. The van der Waals surface area contributed by atoms with Gasteiger partial charge in [-0.2, -0.15) is 0 Å². The number of nitrogens with one attached hydrogen (secondary N) is 2. The summed E-state index contributed by atoms with van der Waals surface area (Å²) in [6.07, 6.45) is 0.599. The second-order valence-corrected chi connectivity index (χ2v) is 13.9. The van der Waals surface area contributed by atoms with E-state index in [0.29, 0.717) is 35.3 Å². The van der Waals surface area contributed by atoms with Crippen LogP contribution in [0.4, 0.5) is 22.1 Å². The van der Waals surface area contributed by atoms with Crippen LogP contribution in [0.3, 0.4) is 0 Å². The van der Waals surface area contributed by atoms with Crippen LogP contribution in [0.5, 0.6) is 0 Å². The topological polar surface area (TPSA) is 110 Å². The molecule has 0 aliphatic carbocycles. The van der Waals surface area contributed by atoms with Crippen molar-refractivity contribution in [2.75, 3.05) is 102 Å². The summed E-state index contributed by atoms with van der Waals surface area (Å²) in [5, 5.41) is 11.9. The van der Waals surface area contributed by atoms with E-state index in [1.807, 2.05) is 54.6 Å². The lowest BCUT2D eigenvalue weighted by atomic mass is 10.1. The highest BCUT2D eigenvalue weighted by Crippen LogP contribution is 2.34. The van der Waals surface area contributed by atoms with Crippen LogP contribution in [0.25, 0.3) is 0 Å². The fraction of sp³-hybridized carbons (Fsp3) is 0.455. The van der Waals surface area contributed by atoms with Gasteiger partial charge in [0.25, 0.3) is 0 Å². The summed E-state index contributed by atoms with van der Waals surface area (Å²) in [7, 11) is 2.11. The van der Waals surface area contributed by atoms with Crippen molar-refractivity contribution in [2.24, 2.45) is 0 Å². The van der Waals surface area contributed by atoms with Crippen molar-refractivity contribution in [3.8, 4) is 0 Å². The molecule has 0 radical (unpaired) electrons. The number of morpholine rings is 1. The Hall–Kier alpha value is -2.78. The number of piperazine rings is 1. The van der Waals surface area contributed by atoms with Crippen molar-refractivity contribution >= 4 is 68.9 Å².